The molecule has 0 aromatic rings. The van der Waals surface area contributed by atoms with Crippen LogP contribution in [0.2, 0.25) is 0 Å². The molecule has 2 rings (SSSR count). The van der Waals surface area contributed by atoms with E-state index in [9.17, 15) is 9.59 Å². The first-order valence-corrected chi connectivity index (χ1v) is 6.34. The monoisotopic (exact) mass is 232 g/mol. The molecule has 0 spiro atoms. The fourth-order valence-electron chi connectivity index (χ4n) is 3.19. The second-order valence-electron chi connectivity index (χ2n) is 5.68. The van der Waals surface area contributed by atoms with Crippen molar-refractivity contribution in [3.8, 4) is 0 Å². The SMILES string of the molecule is CC1=C[C@H]2C(=C(C)C)C(=O)C[C@H](C)[C@H]2CC1=O. The second kappa shape index (κ2) is 4.25. The first-order chi connectivity index (χ1) is 7.91. The van der Waals surface area contributed by atoms with E-state index in [1.807, 2.05) is 26.8 Å². The van der Waals surface area contributed by atoms with Crippen molar-refractivity contribution in [3.05, 3.63) is 22.8 Å². The lowest BCUT2D eigenvalue weighted by Gasteiger charge is -2.39. The lowest BCUT2D eigenvalue weighted by Crippen LogP contribution is -2.37. The molecule has 1 saturated carbocycles. The van der Waals surface area contributed by atoms with Crippen molar-refractivity contribution in [1.82, 2.24) is 0 Å². The zero-order valence-electron chi connectivity index (χ0n) is 11.0. The van der Waals surface area contributed by atoms with Crippen LogP contribution in [0.25, 0.3) is 0 Å². The zero-order chi connectivity index (χ0) is 12.7. The third kappa shape index (κ3) is 2.01. The van der Waals surface area contributed by atoms with E-state index < -0.39 is 0 Å². The molecule has 17 heavy (non-hydrogen) atoms. The average molecular weight is 232 g/mol. The Morgan fingerprint density at radius 3 is 2.41 bits per heavy atom. The van der Waals surface area contributed by atoms with E-state index in [-0.39, 0.29) is 17.5 Å². The Labute approximate surface area is 103 Å². The molecule has 0 N–H and O–H groups in total. The van der Waals surface area contributed by atoms with Gasteiger partial charge in [-0.1, -0.05) is 18.6 Å². The standard InChI is InChI=1S/C15H20O2/c1-8(2)15-12-5-10(4)13(16)7-11(12)9(3)6-14(15)17/h5,9,11-12H,6-7H2,1-4H3/t9-,11+,12+/m0/s1. The summed E-state index contributed by atoms with van der Waals surface area (Å²) in [5, 5.41) is 0. The van der Waals surface area contributed by atoms with Gasteiger partial charge in [0.25, 0.3) is 0 Å². The molecule has 92 valence electrons. The van der Waals surface area contributed by atoms with Gasteiger partial charge in [-0.25, -0.2) is 0 Å². The van der Waals surface area contributed by atoms with Crippen LogP contribution in [0.3, 0.4) is 0 Å². The van der Waals surface area contributed by atoms with Gasteiger partial charge in [-0.15, -0.1) is 0 Å². The molecule has 3 atom stereocenters. The van der Waals surface area contributed by atoms with E-state index in [0.29, 0.717) is 24.7 Å². The first kappa shape index (κ1) is 12.3. The lowest BCUT2D eigenvalue weighted by atomic mass is 9.64. The van der Waals surface area contributed by atoms with E-state index in [2.05, 4.69) is 6.92 Å². The van der Waals surface area contributed by atoms with Crippen LogP contribution in [0, 0.1) is 17.8 Å². The van der Waals surface area contributed by atoms with Gasteiger partial charge in [-0.2, -0.15) is 0 Å². The number of ketones is 2. The average Bonchev–Trinajstić information content (AvgIpc) is 2.20. The van der Waals surface area contributed by atoms with Gasteiger partial charge in [0.05, 0.1) is 0 Å². The highest BCUT2D eigenvalue weighted by Crippen LogP contribution is 2.43. The zero-order valence-corrected chi connectivity index (χ0v) is 11.0. The third-order valence-corrected chi connectivity index (χ3v) is 4.16. The molecule has 0 radical (unpaired) electrons. The van der Waals surface area contributed by atoms with Crippen molar-refractivity contribution in [1.29, 1.82) is 0 Å². The summed E-state index contributed by atoms with van der Waals surface area (Å²) < 4.78 is 0. The summed E-state index contributed by atoms with van der Waals surface area (Å²) in [6.07, 6.45) is 3.23. The van der Waals surface area contributed by atoms with Gasteiger partial charge >= 0.3 is 0 Å². The lowest BCUT2D eigenvalue weighted by molar-refractivity contribution is -0.122. The van der Waals surface area contributed by atoms with Gasteiger partial charge in [-0.3, -0.25) is 9.59 Å². The first-order valence-electron chi connectivity index (χ1n) is 6.34. The van der Waals surface area contributed by atoms with Crippen LogP contribution in [0.1, 0.15) is 40.5 Å². The van der Waals surface area contributed by atoms with Crippen LogP contribution >= 0.6 is 0 Å². The van der Waals surface area contributed by atoms with Crippen molar-refractivity contribution < 1.29 is 9.59 Å². The van der Waals surface area contributed by atoms with Gasteiger partial charge in [0.1, 0.15) is 0 Å². The van der Waals surface area contributed by atoms with Gasteiger partial charge in [0.2, 0.25) is 0 Å². The minimum Gasteiger partial charge on any atom is -0.295 e. The number of fused-ring (bicyclic) bond motifs is 1. The maximum absolute atomic E-state index is 12.1. The van der Waals surface area contributed by atoms with E-state index in [0.717, 1.165) is 16.7 Å². The summed E-state index contributed by atoms with van der Waals surface area (Å²) in [6.45, 7) is 7.96. The molecule has 2 nitrogen and oxygen atoms in total. The topological polar surface area (TPSA) is 34.1 Å². The van der Waals surface area contributed by atoms with E-state index in [1.165, 1.54) is 0 Å². The second-order valence-corrected chi connectivity index (χ2v) is 5.68. The molecule has 0 heterocycles. The third-order valence-electron chi connectivity index (χ3n) is 4.16. The molecule has 0 unspecified atom stereocenters. The minimum absolute atomic E-state index is 0.175. The molecular formula is C15H20O2. The predicted molar refractivity (Wildman–Crippen MR) is 67.5 cm³/mol. The Morgan fingerprint density at radius 2 is 1.82 bits per heavy atom. The molecule has 0 saturated heterocycles. The predicted octanol–water partition coefficient (Wildman–Crippen LogP) is 3.08. The molecular weight excluding hydrogens is 212 g/mol. The molecule has 0 bridgehead atoms. The fraction of sp³-hybridized carbons (Fsp3) is 0.600. The molecule has 0 aromatic carbocycles. The summed E-state index contributed by atoms with van der Waals surface area (Å²) >= 11 is 0. The van der Waals surface area contributed by atoms with Crippen LogP contribution in [-0.2, 0) is 9.59 Å². The molecule has 0 amide bonds. The smallest absolute Gasteiger partial charge is 0.159 e. The Morgan fingerprint density at radius 1 is 1.18 bits per heavy atom. The number of rotatable bonds is 0. The maximum Gasteiger partial charge on any atom is 0.159 e. The molecule has 0 aromatic heterocycles. The normalized spacial score (nSPS) is 33.3. The number of carbonyl (C=O) groups is 2. The van der Waals surface area contributed by atoms with Gasteiger partial charge in [0, 0.05) is 24.3 Å². The van der Waals surface area contributed by atoms with E-state index in [4.69, 9.17) is 0 Å². The Bertz CT molecular complexity index is 436. The van der Waals surface area contributed by atoms with Crippen molar-refractivity contribution in [2.75, 3.05) is 0 Å². The largest absolute Gasteiger partial charge is 0.295 e. The van der Waals surface area contributed by atoms with E-state index in [1.54, 1.807) is 0 Å². The van der Waals surface area contributed by atoms with Crippen molar-refractivity contribution in [3.63, 3.8) is 0 Å². The Balaban J connectivity index is 2.49. The highest BCUT2D eigenvalue weighted by atomic mass is 16.1. The summed E-state index contributed by atoms with van der Waals surface area (Å²) in [5.41, 5.74) is 2.89. The summed E-state index contributed by atoms with van der Waals surface area (Å²) in [4.78, 5) is 23.9. The van der Waals surface area contributed by atoms with Crippen molar-refractivity contribution in [2.45, 2.75) is 40.5 Å². The maximum atomic E-state index is 12.1. The van der Waals surface area contributed by atoms with Crippen LogP contribution in [-0.4, -0.2) is 11.6 Å². The van der Waals surface area contributed by atoms with Gasteiger partial charge < -0.3 is 0 Å². The molecule has 2 heteroatoms. The highest BCUT2D eigenvalue weighted by Gasteiger charge is 2.41. The fourth-order valence-corrected chi connectivity index (χ4v) is 3.19. The number of allylic oxidation sites excluding steroid dienone is 4. The van der Waals surface area contributed by atoms with Gasteiger partial charge in [-0.05, 0) is 38.2 Å². The molecule has 2 aliphatic rings. The minimum atomic E-state index is 0.175. The van der Waals surface area contributed by atoms with E-state index >= 15 is 0 Å². The van der Waals surface area contributed by atoms with Gasteiger partial charge in [0.15, 0.2) is 11.6 Å². The summed E-state index contributed by atoms with van der Waals surface area (Å²) in [5.74, 6) is 1.35. The summed E-state index contributed by atoms with van der Waals surface area (Å²) in [7, 11) is 0. The highest BCUT2D eigenvalue weighted by molar-refractivity contribution is 6.01. The Kier molecular flexibility index (Phi) is 3.07. The number of carbonyl (C=O) groups excluding carboxylic acids is 2. The van der Waals surface area contributed by atoms with Crippen molar-refractivity contribution in [2.24, 2.45) is 17.8 Å². The van der Waals surface area contributed by atoms with Crippen LogP contribution in [0.4, 0.5) is 0 Å². The molecule has 2 aliphatic carbocycles. The Hall–Kier alpha value is -1.18. The number of hydrogen-bond donors (Lipinski definition) is 0. The van der Waals surface area contributed by atoms with Crippen LogP contribution in [0.5, 0.6) is 0 Å². The molecule has 1 fully saturated rings. The number of hydrogen-bond acceptors (Lipinski definition) is 2. The van der Waals surface area contributed by atoms with Crippen molar-refractivity contribution >= 4 is 11.6 Å². The van der Waals surface area contributed by atoms with Crippen LogP contribution < -0.4 is 0 Å². The number of Topliss-reactive ketones (excluding diaryl/α,β-unsaturated/α-hetero) is 2. The molecule has 0 aliphatic heterocycles. The summed E-state index contributed by atoms with van der Waals surface area (Å²) in [6, 6.07) is 0. The quantitative estimate of drug-likeness (QED) is 0.601. The van der Waals surface area contributed by atoms with Crippen LogP contribution in [0.15, 0.2) is 22.8 Å².